The summed E-state index contributed by atoms with van der Waals surface area (Å²) >= 11 is 2.39. The number of nitrogens with one attached hydrogen (secondary N) is 1. The molecule has 38 heavy (non-hydrogen) atoms. The number of thioether (sulfide) groups is 1. The van der Waals surface area contributed by atoms with Crippen LogP contribution in [0.25, 0.3) is 0 Å². The van der Waals surface area contributed by atoms with Gasteiger partial charge in [0.1, 0.15) is 29.4 Å². The van der Waals surface area contributed by atoms with Gasteiger partial charge in [-0.15, -0.1) is 27.8 Å². The van der Waals surface area contributed by atoms with Crippen molar-refractivity contribution in [1.82, 2.24) is 19.9 Å². The molecule has 2 atom stereocenters. The topological polar surface area (TPSA) is 193 Å². The lowest BCUT2D eigenvalue weighted by atomic mass is 9.80. The molecule has 0 radical (unpaired) electrons. The number of aliphatic carboxylic acids is 2. The van der Waals surface area contributed by atoms with Gasteiger partial charge in [-0.2, -0.15) is 4.68 Å². The van der Waals surface area contributed by atoms with Crippen molar-refractivity contribution in [2.24, 2.45) is 12.2 Å². The van der Waals surface area contributed by atoms with E-state index in [1.165, 1.54) is 22.0 Å². The second-order valence-electron chi connectivity index (χ2n) is 9.04. The summed E-state index contributed by atoms with van der Waals surface area (Å²) in [5.41, 5.74) is 4.39. The second-order valence-corrected chi connectivity index (χ2v) is 11.0. The number of nitrogens with zero attached hydrogens (tertiary/aromatic N) is 5. The molecular weight excluding hydrogens is 538 g/mol. The van der Waals surface area contributed by atoms with E-state index in [0.29, 0.717) is 17.7 Å². The van der Waals surface area contributed by atoms with Crippen LogP contribution in [0.15, 0.2) is 40.3 Å². The highest BCUT2D eigenvalue weighted by atomic mass is 32.2. The van der Waals surface area contributed by atoms with Gasteiger partial charge in [-0.1, -0.05) is 5.16 Å². The van der Waals surface area contributed by atoms with E-state index in [9.17, 15) is 29.4 Å². The predicted molar refractivity (Wildman–Crippen MR) is 134 cm³/mol. The van der Waals surface area contributed by atoms with Crippen molar-refractivity contribution in [3.8, 4) is 0 Å². The van der Waals surface area contributed by atoms with Crippen LogP contribution in [0, 0.1) is 0 Å². The number of β-lactam (4-membered cyclic amide) rings is 1. The van der Waals surface area contributed by atoms with E-state index in [2.05, 4.69) is 15.5 Å². The third-order valence-electron chi connectivity index (χ3n) is 6.70. The van der Waals surface area contributed by atoms with Crippen LogP contribution in [0.4, 0.5) is 5.13 Å². The quantitative estimate of drug-likeness (QED) is 0.134. The number of fused-ring (bicyclic) bond motifs is 1. The minimum atomic E-state index is -1.52. The van der Waals surface area contributed by atoms with Gasteiger partial charge in [0.05, 0.1) is 6.20 Å². The maximum absolute atomic E-state index is 13.2. The smallest absolute Gasteiger partial charge is 0.352 e. The van der Waals surface area contributed by atoms with Gasteiger partial charge in [0, 0.05) is 30.0 Å². The van der Waals surface area contributed by atoms with Crippen molar-refractivity contribution in [3.05, 3.63) is 40.8 Å². The Labute approximate surface area is 223 Å². The summed E-state index contributed by atoms with van der Waals surface area (Å²) in [6.45, 7) is 0.288. The van der Waals surface area contributed by atoms with Crippen molar-refractivity contribution in [3.63, 3.8) is 0 Å². The van der Waals surface area contributed by atoms with Crippen LogP contribution in [0.2, 0.25) is 0 Å². The average Bonchev–Trinajstić information content (AvgIpc) is 3.45. The van der Waals surface area contributed by atoms with Crippen molar-refractivity contribution >= 4 is 57.7 Å². The molecule has 16 heteroatoms. The van der Waals surface area contributed by atoms with Crippen LogP contribution in [0.5, 0.6) is 0 Å². The zero-order valence-electron chi connectivity index (χ0n) is 20.1. The molecule has 2 aromatic heterocycles. The zero-order chi connectivity index (χ0) is 27.2. The molecule has 2 aromatic rings. The largest absolute Gasteiger partial charge is 0.478 e. The molecule has 0 unspecified atom stereocenters. The first-order chi connectivity index (χ1) is 18.1. The van der Waals surface area contributed by atoms with E-state index in [-0.39, 0.29) is 41.6 Å². The number of nitrogen functional groups attached to an aromatic ring is 1. The summed E-state index contributed by atoms with van der Waals surface area (Å²) in [7, 11) is 1.82. The Morgan fingerprint density at radius 2 is 2.13 bits per heavy atom. The first-order valence-electron chi connectivity index (χ1n) is 11.5. The Hall–Kier alpha value is -3.92. The molecule has 0 bridgehead atoms. The van der Waals surface area contributed by atoms with Gasteiger partial charge >= 0.3 is 11.9 Å². The molecule has 1 saturated heterocycles. The van der Waals surface area contributed by atoms with Gasteiger partial charge in [-0.05, 0) is 12.0 Å². The molecule has 4 heterocycles. The van der Waals surface area contributed by atoms with Crippen LogP contribution >= 0.6 is 23.1 Å². The van der Waals surface area contributed by atoms with E-state index >= 15 is 0 Å². The molecule has 3 aliphatic rings. The fraction of sp³-hybridized carbons (Fsp3) is 0.409. The number of hydrogen-bond donors (Lipinski definition) is 4. The summed E-state index contributed by atoms with van der Waals surface area (Å²) in [5, 5.41) is 26.8. The number of carbonyl (C=O) groups is 4. The number of anilines is 1. The number of oxime groups is 1. The van der Waals surface area contributed by atoms with Gasteiger partial charge in [0.2, 0.25) is 5.60 Å². The fourth-order valence-corrected chi connectivity index (χ4v) is 6.29. The van der Waals surface area contributed by atoms with Crippen LogP contribution in [-0.2, 0) is 37.6 Å². The molecule has 5 N–H and O–H groups in total. The molecule has 0 aromatic carbocycles. The lowest BCUT2D eigenvalue weighted by molar-refractivity contribution is -0.752. The van der Waals surface area contributed by atoms with Crippen LogP contribution in [0.3, 0.4) is 0 Å². The molecule has 200 valence electrons. The number of carbonyl (C=O) groups excluding carboxylic acids is 2. The number of nitrogens with two attached hydrogens (primary N) is 1. The van der Waals surface area contributed by atoms with Crippen molar-refractivity contribution in [1.29, 1.82) is 0 Å². The number of hydrogen-bond acceptors (Lipinski definition) is 10. The Morgan fingerprint density at radius 3 is 2.68 bits per heavy atom. The highest BCUT2D eigenvalue weighted by molar-refractivity contribution is 8.00. The minimum Gasteiger partial charge on any atom is -0.478 e. The molecule has 5 rings (SSSR count). The monoisotopic (exact) mass is 562 g/mol. The van der Waals surface area contributed by atoms with Crippen LogP contribution in [-0.4, -0.2) is 77.0 Å². The molecule has 1 saturated carbocycles. The molecule has 2 aliphatic heterocycles. The number of carboxylic acid groups (broad SMARTS) is 2. The van der Waals surface area contributed by atoms with Crippen LogP contribution < -0.4 is 15.7 Å². The number of carboxylic acids is 2. The lowest BCUT2D eigenvalue weighted by Crippen LogP contribution is -2.71. The van der Waals surface area contributed by atoms with Gasteiger partial charge in [0.25, 0.3) is 11.8 Å². The third-order valence-corrected chi connectivity index (χ3v) is 8.71. The molecule has 0 spiro atoms. The van der Waals surface area contributed by atoms with Crippen molar-refractivity contribution < 1.29 is 38.9 Å². The Morgan fingerprint density at radius 1 is 1.37 bits per heavy atom. The number of thiazole rings is 1. The van der Waals surface area contributed by atoms with E-state index < -0.39 is 40.8 Å². The SMILES string of the molecule is C[n+]1cccn1CC1=C(C(=O)O)N2C(=O)[C@@H](NC(=O)/C(=N\OC3(C(=O)O)CCC3)c3csc(N)n3)[C@H]2SC1. The number of rotatable bonds is 9. The highest BCUT2D eigenvalue weighted by Crippen LogP contribution is 2.41. The average molecular weight is 563 g/mol. The Kier molecular flexibility index (Phi) is 6.60. The maximum Gasteiger partial charge on any atom is 0.352 e. The maximum atomic E-state index is 13.2. The van der Waals surface area contributed by atoms with E-state index in [1.54, 1.807) is 10.9 Å². The summed E-state index contributed by atoms with van der Waals surface area (Å²) in [6.07, 6.45) is 4.74. The van der Waals surface area contributed by atoms with Gasteiger partial charge in [0.15, 0.2) is 24.1 Å². The normalized spacial score (nSPS) is 22.3. The summed E-state index contributed by atoms with van der Waals surface area (Å²) in [4.78, 5) is 60.7. The standard InChI is InChI=1S/C22H23N7O7S2/c1-27-6-3-7-28(27)8-11-9-37-18-14(17(31)29(18)15(11)19(32)33)25-16(30)13(12-10-38-21(23)24-12)26-36-22(20(34)35)4-2-5-22/h3,6-7,10,14,18H,2,4-5,8-9H2,1H3,(H4-,23,24,25,30,32,33,34,35)/p+1/b26-13-/t14-,18-/m1/s1. The lowest BCUT2D eigenvalue weighted by Gasteiger charge is -2.49. The number of aromatic nitrogens is 3. The molecule has 1 aliphatic carbocycles. The van der Waals surface area contributed by atoms with E-state index in [4.69, 9.17) is 10.6 Å². The fourth-order valence-electron chi connectivity index (χ4n) is 4.40. The van der Waals surface area contributed by atoms with Gasteiger partial charge in [-0.3, -0.25) is 14.5 Å². The summed E-state index contributed by atoms with van der Waals surface area (Å²) in [6, 6.07) is 0.798. The first kappa shape index (κ1) is 25.7. The van der Waals surface area contributed by atoms with Crippen molar-refractivity contribution in [2.45, 2.75) is 42.8 Å². The van der Waals surface area contributed by atoms with Gasteiger partial charge < -0.3 is 26.1 Å². The molecule has 2 fully saturated rings. The first-order valence-corrected chi connectivity index (χ1v) is 13.5. The highest BCUT2D eigenvalue weighted by Gasteiger charge is 2.55. The summed E-state index contributed by atoms with van der Waals surface area (Å²) < 4.78 is 3.62. The number of amides is 2. The summed E-state index contributed by atoms with van der Waals surface area (Å²) in [5.74, 6) is -3.48. The van der Waals surface area contributed by atoms with E-state index in [1.807, 2.05) is 24.0 Å². The van der Waals surface area contributed by atoms with Gasteiger partial charge in [-0.25, -0.2) is 14.6 Å². The Bertz CT molecular complexity index is 1390. The Balaban J connectivity index is 1.36. The third kappa shape index (κ3) is 4.38. The van der Waals surface area contributed by atoms with Crippen LogP contribution in [0.1, 0.15) is 25.0 Å². The molecule has 14 nitrogen and oxygen atoms in total. The predicted octanol–water partition coefficient (Wildman–Crippen LogP) is -0.482. The second kappa shape index (κ2) is 9.75. The van der Waals surface area contributed by atoms with Crippen molar-refractivity contribution in [2.75, 3.05) is 11.5 Å². The molecular formula is C22H24N7O7S2+. The minimum absolute atomic E-state index is 0.0674. The van der Waals surface area contributed by atoms with E-state index in [0.717, 1.165) is 11.3 Å². The number of aryl methyl sites for hydroxylation is 1. The molecule has 2 amide bonds. The zero-order valence-corrected chi connectivity index (χ0v) is 21.7.